The fourth-order valence-corrected chi connectivity index (χ4v) is 0.673. The van der Waals surface area contributed by atoms with Crippen molar-refractivity contribution in [2.24, 2.45) is 0 Å². The molecule has 0 spiro atoms. The standard InChI is InChI=1S/C7H5BO2/c8-7-5(4-9)2-1-3-6(7)10/h1-4,10H. The van der Waals surface area contributed by atoms with Crippen LogP contribution in [0.2, 0.25) is 0 Å². The Morgan fingerprint density at radius 3 is 2.70 bits per heavy atom. The Hall–Kier alpha value is -1.25. The van der Waals surface area contributed by atoms with Gasteiger partial charge in [0.15, 0.2) is 0 Å². The molecule has 2 radical (unpaired) electrons. The molecule has 0 heterocycles. The number of phenolic OH excluding ortho intramolecular Hbond substituents is 1. The summed E-state index contributed by atoms with van der Waals surface area (Å²) in [7, 11) is 5.31. The third-order valence-corrected chi connectivity index (χ3v) is 1.24. The zero-order chi connectivity index (χ0) is 7.56. The lowest BCUT2D eigenvalue weighted by Crippen LogP contribution is -2.09. The molecule has 0 amide bonds. The number of aromatic hydroxyl groups is 1. The summed E-state index contributed by atoms with van der Waals surface area (Å²) in [4.78, 5) is 10.2. The van der Waals surface area contributed by atoms with Gasteiger partial charge in [0.05, 0.1) is 0 Å². The van der Waals surface area contributed by atoms with Crippen molar-refractivity contribution in [1.29, 1.82) is 0 Å². The third-order valence-electron chi connectivity index (χ3n) is 1.24. The van der Waals surface area contributed by atoms with Gasteiger partial charge in [-0.25, -0.2) is 0 Å². The molecule has 3 heteroatoms. The van der Waals surface area contributed by atoms with Crippen LogP contribution in [0.3, 0.4) is 0 Å². The van der Waals surface area contributed by atoms with Crippen LogP contribution in [0.5, 0.6) is 5.75 Å². The summed E-state index contributed by atoms with van der Waals surface area (Å²) in [6.07, 6.45) is 0.606. The van der Waals surface area contributed by atoms with Crippen molar-refractivity contribution in [3.63, 3.8) is 0 Å². The fraction of sp³-hybridized carbons (Fsp3) is 0. The van der Waals surface area contributed by atoms with Crippen molar-refractivity contribution in [2.45, 2.75) is 0 Å². The second-order valence-corrected chi connectivity index (χ2v) is 1.90. The number of hydrogen-bond acceptors (Lipinski definition) is 2. The Morgan fingerprint density at radius 1 is 1.50 bits per heavy atom. The summed E-state index contributed by atoms with van der Waals surface area (Å²) < 4.78 is 0. The van der Waals surface area contributed by atoms with E-state index in [-0.39, 0.29) is 11.2 Å². The van der Waals surface area contributed by atoms with Gasteiger partial charge in [-0.05, 0) is 11.5 Å². The molecule has 48 valence electrons. The summed E-state index contributed by atoms with van der Waals surface area (Å²) in [5.74, 6) is -0.0513. The van der Waals surface area contributed by atoms with Crippen LogP contribution in [-0.4, -0.2) is 19.2 Å². The smallest absolute Gasteiger partial charge is 0.149 e. The molecule has 1 N–H and O–H groups in total. The lowest BCUT2D eigenvalue weighted by atomic mass is 9.90. The van der Waals surface area contributed by atoms with Gasteiger partial charge < -0.3 is 5.11 Å². The summed E-state index contributed by atoms with van der Waals surface area (Å²) in [6, 6.07) is 4.54. The number of benzene rings is 1. The molecular formula is C7H5BO2. The van der Waals surface area contributed by atoms with Crippen LogP contribution < -0.4 is 5.46 Å². The number of phenols is 1. The highest BCUT2D eigenvalue weighted by atomic mass is 16.3. The second kappa shape index (κ2) is 2.56. The van der Waals surface area contributed by atoms with Crippen LogP contribution in [0.25, 0.3) is 0 Å². The van der Waals surface area contributed by atoms with Gasteiger partial charge >= 0.3 is 0 Å². The Morgan fingerprint density at radius 2 is 2.20 bits per heavy atom. The van der Waals surface area contributed by atoms with Gasteiger partial charge in [0.1, 0.15) is 19.9 Å². The van der Waals surface area contributed by atoms with E-state index < -0.39 is 0 Å². The predicted molar refractivity (Wildman–Crippen MR) is 38.9 cm³/mol. The van der Waals surface area contributed by atoms with Crippen molar-refractivity contribution in [3.8, 4) is 5.75 Å². The first-order valence-electron chi connectivity index (χ1n) is 2.78. The van der Waals surface area contributed by atoms with Gasteiger partial charge in [-0.1, -0.05) is 12.1 Å². The van der Waals surface area contributed by atoms with Crippen molar-refractivity contribution < 1.29 is 9.90 Å². The third kappa shape index (κ3) is 1.03. The van der Waals surface area contributed by atoms with E-state index >= 15 is 0 Å². The molecule has 0 saturated heterocycles. The molecule has 2 nitrogen and oxygen atoms in total. The van der Waals surface area contributed by atoms with E-state index in [1.807, 2.05) is 0 Å². The molecule has 1 aromatic carbocycles. The van der Waals surface area contributed by atoms with Gasteiger partial charge in [-0.3, -0.25) is 4.79 Å². The van der Waals surface area contributed by atoms with Gasteiger partial charge in [0.2, 0.25) is 0 Å². The van der Waals surface area contributed by atoms with E-state index in [0.717, 1.165) is 0 Å². The quantitative estimate of drug-likeness (QED) is 0.431. The Labute approximate surface area is 59.9 Å². The van der Waals surface area contributed by atoms with E-state index in [9.17, 15) is 4.79 Å². The fourth-order valence-electron chi connectivity index (χ4n) is 0.673. The number of carbonyl (C=O) groups is 1. The topological polar surface area (TPSA) is 37.3 Å². The largest absolute Gasteiger partial charge is 0.509 e. The van der Waals surface area contributed by atoms with E-state index in [1.54, 1.807) is 12.1 Å². The molecule has 0 aliphatic heterocycles. The van der Waals surface area contributed by atoms with E-state index in [2.05, 4.69) is 0 Å². The van der Waals surface area contributed by atoms with E-state index in [4.69, 9.17) is 13.0 Å². The maximum atomic E-state index is 10.2. The van der Waals surface area contributed by atoms with E-state index in [1.165, 1.54) is 6.07 Å². The summed E-state index contributed by atoms with van der Waals surface area (Å²) >= 11 is 0. The Balaban J connectivity index is 3.27. The molecule has 0 fully saturated rings. The molecule has 0 bridgehead atoms. The average Bonchev–Trinajstić information content (AvgIpc) is 1.95. The van der Waals surface area contributed by atoms with Gasteiger partial charge in [-0.15, -0.1) is 0 Å². The summed E-state index contributed by atoms with van der Waals surface area (Å²) in [5.41, 5.74) is 0.456. The lowest BCUT2D eigenvalue weighted by molar-refractivity contribution is 0.112. The highest BCUT2D eigenvalue weighted by Gasteiger charge is 1.98. The van der Waals surface area contributed by atoms with Crippen molar-refractivity contribution >= 4 is 19.6 Å². The molecule has 0 aliphatic rings. The first-order valence-corrected chi connectivity index (χ1v) is 2.78. The van der Waals surface area contributed by atoms with Crippen LogP contribution in [0.1, 0.15) is 10.4 Å². The predicted octanol–water partition coefficient (Wildman–Crippen LogP) is -0.00150. The Kier molecular flexibility index (Phi) is 1.76. The minimum absolute atomic E-state index is 0.0513. The summed E-state index contributed by atoms with van der Waals surface area (Å²) in [5, 5.41) is 8.95. The average molecular weight is 132 g/mol. The molecule has 1 rings (SSSR count). The monoisotopic (exact) mass is 132 g/mol. The highest BCUT2D eigenvalue weighted by Crippen LogP contribution is 2.03. The van der Waals surface area contributed by atoms with Crippen molar-refractivity contribution in [2.75, 3.05) is 0 Å². The van der Waals surface area contributed by atoms with Crippen molar-refractivity contribution in [1.82, 2.24) is 0 Å². The molecule has 0 saturated carbocycles. The number of hydrogen-bond donors (Lipinski definition) is 1. The molecular weight excluding hydrogens is 127 g/mol. The maximum absolute atomic E-state index is 10.2. The molecule has 0 unspecified atom stereocenters. The van der Waals surface area contributed by atoms with Crippen LogP contribution >= 0.6 is 0 Å². The highest BCUT2D eigenvalue weighted by molar-refractivity contribution is 6.37. The molecule has 0 atom stereocenters. The zero-order valence-electron chi connectivity index (χ0n) is 5.24. The SMILES string of the molecule is [B]c1c(O)cccc1C=O. The number of aldehydes is 1. The maximum Gasteiger partial charge on any atom is 0.149 e. The van der Waals surface area contributed by atoms with Crippen LogP contribution in [0.4, 0.5) is 0 Å². The second-order valence-electron chi connectivity index (χ2n) is 1.90. The zero-order valence-corrected chi connectivity index (χ0v) is 5.24. The Bertz CT molecular complexity index is 258. The number of rotatable bonds is 1. The first kappa shape index (κ1) is 6.87. The number of carbonyl (C=O) groups excluding carboxylic acids is 1. The molecule has 1 aromatic rings. The molecule has 0 aromatic heterocycles. The first-order chi connectivity index (χ1) is 4.75. The normalized spacial score (nSPS) is 9.20. The van der Waals surface area contributed by atoms with Gasteiger partial charge in [0, 0.05) is 5.56 Å². The van der Waals surface area contributed by atoms with Crippen molar-refractivity contribution in [3.05, 3.63) is 23.8 Å². The molecule has 10 heavy (non-hydrogen) atoms. The molecule has 0 aliphatic carbocycles. The van der Waals surface area contributed by atoms with Gasteiger partial charge in [0.25, 0.3) is 0 Å². The minimum atomic E-state index is -0.0513. The lowest BCUT2D eigenvalue weighted by Gasteiger charge is -1.99. The van der Waals surface area contributed by atoms with Crippen LogP contribution in [-0.2, 0) is 0 Å². The summed E-state index contributed by atoms with van der Waals surface area (Å²) in [6.45, 7) is 0. The minimum Gasteiger partial charge on any atom is -0.509 e. The van der Waals surface area contributed by atoms with E-state index in [0.29, 0.717) is 11.8 Å². The van der Waals surface area contributed by atoms with Gasteiger partial charge in [-0.2, -0.15) is 0 Å². The van der Waals surface area contributed by atoms with Crippen LogP contribution in [0.15, 0.2) is 18.2 Å². The van der Waals surface area contributed by atoms with Crippen LogP contribution in [0, 0.1) is 0 Å².